The van der Waals surface area contributed by atoms with Crippen LogP contribution in [0.4, 0.5) is 28.7 Å². The maximum absolute atomic E-state index is 13.3. The number of nitrogen functional groups attached to an aromatic ring is 1. The van der Waals surface area contributed by atoms with Crippen molar-refractivity contribution >= 4 is 70.0 Å². The molecule has 0 spiro atoms. The van der Waals surface area contributed by atoms with Crippen molar-refractivity contribution in [2.24, 2.45) is 35.2 Å². The number of hydrogen-bond acceptors (Lipinski definition) is 21. The average Bonchev–Trinajstić information content (AvgIpc) is 1.80. The first-order valence-electron chi connectivity index (χ1n) is 29.3. The Morgan fingerprint density at radius 1 is 0.467 bits per heavy atom. The molecule has 0 fully saturated rings. The second-order valence-corrected chi connectivity index (χ2v) is 20.3. The highest BCUT2D eigenvalue weighted by Gasteiger charge is 2.21. The summed E-state index contributed by atoms with van der Waals surface area (Å²) in [5, 5.41) is 26.9. The lowest BCUT2D eigenvalue weighted by Crippen LogP contribution is -2.29. The summed E-state index contributed by atoms with van der Waals surface area (Å²) < 4.78 is 53.4. The predicted molar refractivity (Wildman–Crippen MR) is 331 cm³/mol. The van der Waals surface area contributed by atoms with Crippen LogP contribution in [-0.4, -0.2) is 206 Å². The number of rotatable bonds is 42. The number of ether oxygens (including phenoxy) is 8. The summed E-state index contributed by atoms with van der Waals surface area (Å²) in [7, 11) is 8.10. The van der Waals surface area contributed by atoms with Gasteiger partial charge in [0.2, 0.25) is 23.5 Å². The van der Waals surface area contributed by atoms with Gasteiger partial charge in [-0.15, -0.1) is 5.10 Å². The summed E-state index contributed by atoms with van der Waals surface area (Å²) in [6, 6.07) is 10.1. The fraction of sp³-hybridized carbons (Fsp3) is 0.448. The van der Waals surface area contributed by atoms with Crippen molar-refractivity contribution < 1.29 is 71.5 Å². The van der Waals surface area contributed by atoms with Crippen molar-refractivity contribution in [1.29, 1.82) is 0 Å². The van der Waals surface area contributed by atoms with E-state index in [-0.39, 0.29) is 78.7 Å². The van der Waals surface area contributed by atoms with Crippen LogP contribution in [-0.2, 0) is 91.1 Å². The number of aromatic nitrogens is 11. The van der Waals surface area contributed by atoms with Crippen LogP contribution in [0.1, 0.15) is 71.4 Å². The van der Waals surface area contributed by atoms with Crippen LogP contribution in [0, 0.1) is 0 Å². The first kappa shape index (κ1) is 69.6. The van der Waals surface area contributed by atoms with Crippen molar-refractivity contribution in [3.63, 3.8) is 0 Å². The Hall–Kier alpha value is -9.84. The van der Waals surface area contributed by atoms with E-state index in [1.807, 2.05) is 12.1 Å². The molecule has 1 aromatic carbocycles. The summed E-state index contributed by atoms with van der Waals surface area (Å²) in [4.78, 5) is 103. The van der Waals surface area contributed by atoms with Gasteiger partial charge in [0, 0.05) is 104 Å². The first-order chi connectivity index (χ1) is 44.5. The third-order valence-corrected chi connectivity index (χ3v) is 13.1. The third-order valence-electron chi connectivity index (χ3n) is 13.1. The van der Waals surface area contributed by atoms with E-state index in [2.05, 4.69) is 62.5 Å². The number of nitrogens with zero attached hydrogens (tertiary/aromatic N) is 11. The third kappa shape index (κ3) is 23.2. The van der Waals surface area contributed by atoms with Gasteiger partial charge in [-0.2, -0.15) is 0 Å². The van der Waals surface area contributed by atoms with E-state index in [1.165, 1.54) is 55.2 Å². The Kier molecular flexibility index (Phi) is 27.8. The van der Waals surface area contributed by atoms with Crippen molar-refractivity contribution in [1.82, 2.24) is 68.7 Å². The molecule has 0 radical (unpaired) electrons. The maximum Gasteiger partial charge on any atom is 0.291 e. The topological polar surface area (TPSA) is 398 Å². The Morgan fingerprint density at radius 2 is 0.913 bits per heavy atom. The summed E-state index contributed by atoms with van der Waals surface area (Å²) in [5.74, 6) is -2.38. The van der Waals surface area contributed by atoms with E-state index in [0.717, 1.165) is 5.75 Å². The van der Waals surface area contributed by atoms with Crippen LogP contribution in [0.5, 0.6) is 5.75 Å². The number of amides is 7. The van der Waals surface area contributed by atoms with Crippen LogP contribution in [0.25, 0.3) is 0 Å². The highest BCUT2D eigenvalue weighted by Crippen LogP contribution is 2.18. The van der Waals surface area contributed by atoms with Crippen molar-refractivity contribution in [3.8, 4) is 5.75 Å². The minimum absolute atomic E-state index is 0.0229. The second kappa shape index (κ2) is 36.7. The molecule has 34 heteroatoms. The largest absolute Gasteiger partial charge is 0.491 e. The zero-order chi connectivity index (χ0) is 65.6. The maximum atomic E-state index is 13.3. The molecular formula is C58H79N19O15. The molecule has 0 unspecified atom stereocenters. The fourth-order valence-corrected chi connectivity index (χ4v) is 8.46. The number of nitrogens with one attached hydrogen (secondary N) is 7. The summed E-state index contributed by atoms with van der Waals surface area (Å²) >= 11 is 0. The van der Waals surface area contributed by atoms with Gasteiger partial charge in [-0.25, -0.2) is 19.6 Å². The van der Waals surface area contributed by atoms with Crippen LogP contribution < -0.4 is 47.7 Å². The standard InChI is InChI=1S/C58H79N19O15/c1-72-15-14-60-51(72)57(83)64-41-32-45(73(2)35-41)54(80)61-13-11-50(79)67-48-39-76(5)53(69-48)58(84)65-42-33-46(74(3)36-42)55(81)62-12-10-49(78)66-47-38-75(4)52(68-47)56(82)63-34-43-37-77(71-70-43)16-17-85-18-19-86-20-21-87-22-23-88-24-25-89-26-27-90-28-29-91-30-31-92-44-8-6-40(59)7-9-44/h6-9,14-15,32-33,35-39H,10-13,16-31,34,59H2,1-5H3,(H,61,80)(H,62,81)(H,63,82)(H,64,83)(H,65,84)(H,66,78)(H,67,79). The van der Waals surface area contributed by atoms with Crippen molar-refractivity contribution in [3.05, 3.63) is 114 Å². The Labute approximate surface area is 529 Å². The molecule has 34 nitrogen and oxygen atoms in total. The second-order valence-electron chi connectivity index (χ2n) is 20.3. The summed E-state index contributed by atoms with van der Waals surface area (Å²) in [5.41, 5.74) is 7.95. The molecule has 0 saturated heterocycles. The molecule has 0 aliphatic heterocycles. The Balaban J connectivity index is 0.672. The van der Waals surface area contributed by atoms with Gasteiger partial charge in [0.25, 0.3) is 29.5 Å². The quantitative estimate of drug-likeness (QED) is 0.0194. The number of aryl methyl sites for hydroxylation is 5. The molecule has 0 aliphatic carbocycles. The van der Waals surface area contributed by atoms with Crippen molar-refractivity contribution in [2.75, 3.05) is 139 Å². The Bertz CT molecular complexity index is 3510. The van der Waals surface area contributed by atoms with Gasteiger partial charge in [-0.3, -0.25) is 33.6 Å². The molecule has 0 saturated carbocycles. The van der Waals surface area contributed by atoms with Gasteiger partial charge in [0.1, 0.15) is 29.4 Å². The first-order valence-corrected chi connectivity index (χ1v) is 29.3. The molecule has 0 bridgehead atoms. The number of carbonyl (C=O) groups is 7. The molecule has 6 heterocycles. The molecule has 9 N–H and O–H groups in total. The van der Waals surface area contributed by atoms with Crippen molar-refractivity contribution in [2.45, 2.75) is 25.9 Å². The van der Waals surface area contributed by atoms with E-state index in [1.54, 1.807) is 75.2 Å². The smallest absolute Gasteiger partial charge is 0.291 e. The van der Waals surface area contributed by atoms with Crippen LogP contribution in [0.15, 0.2) is 79.8 Å². The molecule has 496 valence electrons. The van der Waals surface area contributed by atoms with E-state index in [0.29, 0.717) is 123 Å². The van der Waals surface area contributed by atoms with Crippen LogP contribution >= 0.6 is 0 Å². The molecule has 7 aromatic rings. The van der Waals surface area contributed by atoms with E-state index in [9.17, 15) is 33.6 Å². The summed E-state index contributed by atoms with van der Waals surface area (Å²) in [6.45, 7) is 6.93. The van der Waals surface area contributed by atoms with E-state index >= 15 is 0 Å². The average molecular weight is 1280 g/mol. The number of carbonyl (C=O) groups excluding carboxylic acids is 7. The number of imidazole rings is 3. The van der Waals surface area contributed by atoms with Gasteiger partial charge >= 0.3 is 0 Å². The van der Waals surface area contributed by atoms with Crippen LogP contribution in [0.2, 0.25) is 0 Å². The molecule has 7 amide bonds. The molecular weight excluding hydrogens is 1200 g/mol. The number of benzene rings is 1. The Morgan fingerprint density at radius 3 is 1.38 bits per heavy atom. The minimum Gasteiger partial charge on any atom is -0.491 e. The van der Waals surface area contributed by atoms with Gasteiger partial charge in [0.15, 0.2) is 17.5 Å². The summed E-state index contributed by atoms with van der Waals surface area (Å²) in [6.07, 6.45) is 10.6. The predicted octanol–water partition coefficient (Wildman–Crippen LogP) is 0.885. The van der Waals surface area contributed by atoms with Gasteiger partial charge in [-0.05, 0) is 36.4 Å². The van der Waals surface area contributed by atoms with E-state index in [4.69, 9.17) is 43.6 Å². The molecule has 6 aromatic heterocycles. The van der Waals surface area contributed by atoms with Crippen LogP contribution in [0.3, 0.4) is 0 Å². The number of nitrogens with two attached hydrogens (primary N) is 1. The fourth-order valence-electron chi connectivity index (χ4n) is 8.46. The van der Waals surface area contributed by atoms with Gasteiger partial charge in [0.05, 0.1) is 123 Å². The minimum atomic E-state index is -0.630. The zero-order valence-electron chi connectivity index (χ0n) is 52.0. The number of hydrogen-bond donors (Lipinski definition) is 8. The highest BCUT2D eigenvalue weighted by molar-refractivity contribution is 6.04. The van der Waals surface area contributed by atoms with Gasteiger partial charge < -0.3 is 104 Å². The molecule has 7 rings (SSSR count). The van der Waals surface area contributed by atoms with E-state index < -0.39 is 41.4 Å². The lowest BCUT2D eigenvalue weighted by molar-refractivity contribution is -0.116. The zero-order valence-corrected chi connectivity index (χ0v) is 52.0. The monoisotopic (exact) mass is 1280 g/mol. The molecule has 0 atom stereocenters. The lowest BCUT2D eigenvalue weighted by Gasteiger charge is -2.09. The molecule has 92 heavy (non-hydrogen) atoms. The number of anilines is 5. The lowest BCUT2D eigenvalue weighted by atomic mass is 10.3. The highest BCUT2D eigenvalue weighted by atomic mass is 16.6. The SMILES string of the molecule is Cn1cc(NC(=O)c2nc(NC(=O)CCNC(=O)c3cc(NC(=O)c4nccn4C)cn3C)cn2C)cc1C(=O)NCCC(=O)Nc1cn(C)c(C(=O)NCc2cn(CCOCCOCCOCCOCCOCCOCCOCCOc3ccc(N)cc3)nn2)n1. The normalized spacial score (nSPS) is 11.1. The molecule has 0 aliphatic rings. The van der Waals surface area contributed by atoms with Gasteiger partial charge in [-0.1, -0.05) is 5.21 Å².